The molecule has 1 unspecified atom stereocenters. The van der Waals surface area contributed by atoms with Crippen molar-refractivity contribution >= 4 is 11.9 Å². The predicted octanol–water partition coefficient (Wildman–Crippen LogP) is 1.10. The average molecular weight is 314 g/mol. The number of hydrogen-bond donors (Lipinski definition) is 2. The normalized spacial score (nSPS) is 15.2. The van der Waals surface area contributed by atoms with E-state index in [0.29, 0.717) is 5.69 Å². The third-order valence-electron chi connectivity index (χ3n) is 3.99. The van der Waals surface area contributed by atoms with E-state index >= 15 is 0 Å². The highest BCUT2D eigenvalue weighted by atomic mass is 16.4. The van der Waals surface area contributed by atoms with Crippen LogP contribution in [0.2, 0.25) is 0 Å². The van der Waals surface area contributed by atoms with Gasteiger partial charge in [-0.2, -0.15) is 0 Å². The first-order chi connectivity index (χ1) is 11.1. The predicted molar refractivity (Wildman–Crippen MR) is 82.1 cm³/mol. The first-order valence-corrected chi connectivity index (χ1v) is 7.55. The molecule has 1 atom stereocenters. The second-order valence-electron chi connectivity index (χ2n) is 5.77. The van der Waals surface area contributed by atoms with Crippen molar-refractivity contribution in [2.24, 2.45) is 5.92 Å². The van der Waals surface area contributed by atoms with Gasteiger partial charge in [-0.3, -0.25) is 4.79 Å². The number of para-hydroxylation sites is 1. The largest absolute Gasteiger partial charge is 0.480 e. The van der Waals surface area contributed by atoms with Crippen molar-refractivity contribution in [2.45, 2.75) is 32.2 Å². The number of carboxylic acid groups (broad SMARTS) is 1. The molecule has 0 saturated heterocycles. The minimum atomic E-state index is -0.981. The summed E-state index contributed by atoms with van der Waals surface area (Å²) in [6.45, 7) is 1.84. The molecular formula is C16H18N4O3. The summed E-state index contributed by atoms with van der Waals surface area (Å²) in [6, 6.07) is 8.71. The van der Waals surface area contributed by atoms with Crippen LogP contribution in [0, 0.1) is 12.8 Å². The maximum atomic E-state index is 12.1. The SMILES string of the molecule is Cc1c(CC(=O)NC(C(=O)O)C2CC2)nnn1-c1ccccc1. The molecular weight excluding hydrogens is 296 g/mol. The Morgan fingerprint density at radius 1 is 1.35 bits per heavy atom. The first kappa shape index (κ1) is 15.2. The van der Waals surface area contributed by atoms with Gasteiger partial charge in [0.1, 0.15) is 6.04 Å². The topological polar surface area (TPSA) is 97.1 Å². The summed E-state index contributed by atoms with van der Waals surface area (Å²) in [6.07, 6.45) is 1.72. The Kier molecular flexibility index (Phi) is 4.10. The first-order valence-electron chi connectivity index (χ1n) is 7.55. The number of carbonyl (C=O) groups excluding carboxylic acids is 1. The summed E-state index contributed by atoms with van der Waals surface area (Å²) >= 11 is 0. The van der Waals surface area contributed by atoms with Crippen LogP contribution in [0.4, 0.5) is 0 Å². The summed E-state index contributed by atoms with van der Waals surface area (Å²) in [4.78, 5) is 23.3. The van der Waals surface area contributed by atoms with E-state index in [1.165, 1.54) is 0 Å². The van der Waals surface area contributed by atoms with Crippen molar-refractivity contribution in [3.05, 3.63) is 41.7 Å². The van der Waals surface area contributed by atoms with Crippen LogP contribution in [0.15, 0.2) is 30.3 Å². The average Bonchev–Trinajstić information content (AvgIpc) is 3.31. The summed E-state index contributed by atoms with van der Waals surface area (Å²) in [5, 5.41) is 19.9. The quantitative estimate of drug-likeness (QED) is 0.832. The monoisotopic (exact) mass is 314 g/mol. The molecule has 0 spiro atoms. The Balaban J connectivity index is 1.70. The van der Waals surface area contributed by atoms with Crippen molar-refractivity contribution in [1.29, 1.82) is 0 Å². The van der Waals surface area contributed by atoms with E-state index in [1.54, 1.807) is 4.68 Å². The lowest BCUT2D eigenvalue weighted by atomic mass is 10.1. The fourth-order valence-corrected chi connectivity index (χ4v) is 2.53. The second-order valence-corrected chi connectivity index (χ2v) is 5.77. The van der Waals surface area contributed by atoms with Crippen LogP contribution < -0.4 is 5.32 Å². The zero-order chi connectivity index (χ0) is 16.4. The fourth-order valence-electron chi connectivity index (χ4n) is 2.53. The highest BCUT2D eigenvalue weighted by molar-refractivity contribution is 5.85. The third kappa shape index (κ3) is 3.39. The van der Waals surface area contributed by atoms with E-state index in [-0.39, 0.29) is 18.2 Å². The van der Waals surface area contributed by atoms with Crippen LogP contribution in [-0.2, 0) is 16.0 Å². The van der Waals surface area contributed by atoms with Gasteiger partial charge in [-0.25, -0.2) is 9.48 Å². The third-order valence-corrected chi connectivity index (χ3v) is 3.99. The van der Waals surface area contributed by atoms with Crippen LogP contribution >= 0.6 is 0 Å². The molecule has 1 aliphatic rings. The van der Waals surface area contributed by atoms with Gasteiger partial charge in [0.15, 0.2) is 0 Å². The van der Waals surface area contributed by atoms with Gasteiger partial charge in [0.05, 0.1) is 23.5 Å². The molecule has 1 aromatic heterocycles. The molecule has 1 fully saturated rings. The molecule has 1 aliphatic carbocycles. The van der Waals surface area contributed by atoms with Crippen molar-refractivity contribution in [3.63, 3.8) is 0 Å². The van der Waals surface area contributed by atoms with Crippen molar-refractivity contribution in [2.75, 3.05) is 0 Å². The highest BCUT2D eigenvalue weighted by Gasteiger charge is 2.37. The molecule has 2 N–H and O–H groups in total. The van der Waals surface area contributed by atoms with Gasteiger partial charge < -0.3 is 10.4 Å². The number of hydrogen-bond acceptors (Lipinski definition) is 4. The maximum absolute atomic E-state index is 12.1. The van der Waals surface area contributed by atoms with E-state index in [2.05, 4.69) is 15.6 Å². The molecule has 0 bridgehead atoms. The standard InChI is InChI=1S/C16H18N4O3/c1-10-13(18-19-20(10)12-5-3-2-4-6-12)9-14(21)17-15(16(22)23)11-7-8-11/h2-6,11,15H,7-9H2,1H3,(H,17,21)(H,22,23). The van der Waals surface area contributed by atoms with Gasteiger partial charge in [0, 0.05) is 0 Å². The molecule has 0 radical (unpaired) electrons. The van der Waals surface area contributed by atoms with Gasteiger partial charge in [-0.05, 0) is 37.8 Å². The summed E-state index contributed by atoms with van der Waals surface area (Å²) in [5.74, 6) is -1.27. The van der Waals surface area contributed by atoms with Gasteiger partial charge in [0.25, 0.3) is 0 Å². The lowest BCUT2D eigenvalue weighted by Gasteiger charge is -2.13. The fraction of sp³-hybridized carbons (Fsp3) is 0.375. The Morgan fingerprint density at radius 3 is 2.65 bits per heavy atom. The lowest BCUT2D eigenvalue weighted by Crippen LogP contribution is -2.43. The number of nitrogens with one attached hydrogen (secondary N) is 1. The molecule has 1 aromatic carbocycles. The number of amides is 1. The Bertz CT molecular complexity index is 722. The van der Waals surface area contributed by atoms with E-state index in [0.717, 1.165) is 24.2 Å². The number of aromatic nitrogens is 3. The number of carboxylic acids is 1. The van der Waals surface area contributed by atoms with E-state index in [9.17, 15) is 9.59 Å². The van der Waals surface area contributed by atoms with Gasteiger partial charge >= 0.3 is 5.97 Å². The Labute approximate surface area is 133 Å². The van der Waals surface area contributed by atoms with Gasteiger partial charge in [-0.15, -0.1) is 5.10 Å². The molecule has 23 heavy (non-hydrogen) atoms. The molecule has 1 heterocycles. The number of carbonyl (C=O) groups is 2. The highest BCUT2D eigenvalue weighted by Crippen LogP contribution is 2.32. The Morgan fingerprint density at radius 2 is 2.04 bits per heavy atom. The maximum Gasteiger partial charge on any atom is 0.326 e. The lowest BCUT2D eigenvalue weighted by molar-refractivity contribution is -0.142. The molecule has 7 heteroatoms. The second kappa shape index (κ2) is 6.20. The van der Waals surface area contributed by atoms with E-state index in [4.69, 9.17) is 5.11 Å². The van der Waals surface area contributed by atoms with Crippen LogP contribution in [0.3, 0.4) is 0 Å². The van der Waals surface area contributed by atoms with Gasteiger partial charge in [0.2, 0.25) is 5.91 Å². The smallest absolute Gasteiger partial charge is 0.326 e. The molecule has 3 rings (SSSR count). The zero-order valence-corrected chi connectivity index (χ0v) is 12.8. The number of nitrogens with zero attached hydrogens (tertiary/aromatic N) is 3. The summed E-state index contributed by atoms with van der Waals surface area (Å²) in [5.41, 5.74) is 2.18. The van der Waals surface area contributed by atoms with Crippen molar-refractivity contribution < 1.29 is 14.7 Å². The number of rotatable bonds is 6. The van der Waals surface area contributed by atoms with Crippen LogP contribution in [0.25, 0.3) is 5.69 Å². The van der Waals surface area contributed by atoms with E-state index < -0.39 is 12.0 Å². The zero-order valence-electron chi connectivity index (χ0n) is 12.8. The van der Waals surface area contributed by atoms with Crippen LogP contribution in [0.1, 0.15) is 24.2 Å². The molecule has 2 aromatic rings. The van der Waals surface area contributed by atoms with E-state index in [1.807, 2.05) is 37.3 Å². The number of aliphatic carboxylic acids is 1. The molecule has 120 valence electrons. The van der Waals surface area contributed by atoms with Gasteiger partial charge in [-0.1, -0.05) is 23.4 Å². The molecule has 1 saturated carbocycles. The summed E-state index contributed by atoms with van der Waals surface area (Å²) in [7, 11) is 0. The van der Waals surface area contributed by atoms with Crippen molar-refractivity contribution in [1.82, 2.24) is 20.3 Å². The van der Waals surface area contributed by atoms with Crippen molar-refractivity contribution in [3.8, 4) is 5.69 Å². The minimum Gasteiger partial charge on any atom is -0.480 e. The van der Waals surface area contributed by atoms with Crippen LogP contribution in [0.5, 0.6) is 0 Å². The molecule has 7 nitrogen and oxygen atoms in total. The molecule has 0 aliphatic heterocycles. The Hall–Kier alpha value is -2.70. The van der Waals surface area contributed by atoms with Crippen LogP contribution in [-0.4, -0.2) is 38.0 Å². The summed E-state index contributed by atoms with van der Waals surface area (Å²) < 4.78 is 1.66. The minimum absolute atomic E-state index is 0.0230. The number of benzene rings is 1. The molecule has 1 amide bonds.